The van der Waals surface area contributed by atoms with E-state index in [1.165, 1.54) is 17.2 Å². The van der Waals surface area contributed by atoms with Crippen LogP contribution in [0, 0.1) is 0 Å². The Morgan fingerprint density at radius 1 is 1.06 bits per heavy atom. The summed E-state index contributed by atoms with van der Waals surface area (Å²) in [5, 5.41) is 13.7. The van der Waals surface area contributed by atoms with E-state index in [9.17, 15) is 55.0 Å². The Morgan fingerprint density at radius 3 is 2.12 bits per heavy atom. The first-order valence-electron chi connectivity index (χ1n) is 19.0. The molecule has 3 aromatic rings. The highest BCUT2D eigenvalue weighted by atomic mass is 35.5. The van der Waals surface area contributed by atoms with Gasteiger partial charge < -0.3 is 28.7 Å². The van der Waals surface area contributed by atoms with E-state index in [-0.39, 0.29) is 40.5 Å². The van der Waals surface area contributed by atoms with Crippen LogP contribution in [0.25, 0.3) is 6.08 Å². The predicted octanol–water partition coefficient (Wildman–Crippen LogP) is 6.09. The van der Waals surface area contributed by atoms with Crippen molar-refractivity contribution in [3.8, 4) is 0 Å². The number of carboxylic acid groups (broad SMARTS) is 1. The van der Waals surface area contributed by atoms with Crippen molar-refractivity contribution in [2.24, 2.45) is 0 Å². The number of nitrogens with zero attached hydrogens (tertiary/aromatic N) is 2. The number of carboxylic acids is 1. The lowest BCUT2D eigenvalue weighted by Gasteiger charge is -2.16. The number of amides is 2. The standard InChI is InChI=1S/C19H17Cl2NO4.C15H12F3NO4S.C3H8NO5P.C3H9S/c1-2-26-19(25)16(21)10-11-9-12(7-8-15(11)20)22-17(23)13-5-3-4-6-14(13)18(22)24;1-24(21,22)12-6-9(15(16,17)18)4-5-10(12)13(20)11-7-19-23-14(11)8-2-3-8;5-3(6)1-4-2-10(7,8)9;1-4(2)3/h7-10H,2-6H2,1H3;4-8H,2-3H2,1H3;4H,1-2H2,(H,5,6)(H2,7,8,9);1-3H3/q;;;+1/p-1/b16-10-;;;. The maximum Gasteiger partial charge on any atom is 0.416 e. The molecule has 0 spiro atoms. The molecular formula is C40H45Cl2F3N3O13PS2. The molecule has 0 saturated heterocycles. The fourth-order valence-electron chi connectivity index (χ4n) is 5.85. The normalized spacial score (nSPS) is 16.1. The zero-order valence-corrected chi connectivity index (χ0v) is 39.0. The van der Waals surface area contributed by atoms with Crippen molar-refractivity contribution in [2.75, 3.05) is 49.4 Å². The van der Waals surface area contributed by atoms with Crippen molar-refractivity contribution < 1.29 is 74.3 Å². The number of nitrogens with one attached hydrogen (secondary N) is 1. The summed E-state index contributed by atoms with van der Waals surface area (Å²) in [5.41, 5.74) is 0.673. The van der Waals surface area contributed by atoms with Gasteiger partial charge in [0.25, 0.3) is 11.8 Å². The minimum atomic E-state index is -4.71. The molecule has 0 bridgehead atoms. The molecule has 16 nitrogen and oxygen atoms in total. The number of hydrogen-bond donors (Lipinski definition) is 3. The molecule has 1 atom stereocenters. The van der Waals surface area contributed by atoms with Crippen molar-refractivity contribution >= 4 is 92.8 Å². The molecule has 2 heterocycles. The molecule has 1 fully saturated rings. The Bertz CT molecular complexity index is 2440. The second kappa shape index (κ2) is 23.2. The van der Waals surface area contributed by atoms with Crippen LogP contribution < -0.4 is 15.1 Å². The number of ether oxygens (including phenoxy) is 1. The summed E-state index contributed by atoms with van der Waals surface area (Å²) < 4.78 is 82.1. The Kier molecular flexibility index (Phi) is 19.6. The molecule has 3 aliphatic rings. The van der Waals surface area contributed by atoms with Gasteiger partial charge in [0.05, 0.1) is 66.1 Å². The predicted molar refractivity (Wildman–Crippen MR) is 232 cm³/mol. The first-order chi connectivity index (χ1) is 29.7. The van der Waals surface area contributed by atoms with Crippen LogP contribution in [0.4, 0.5) is 18.9 Å². The van der Waals surface area contributed by atoms with Crippen LogP contribution in [0.5, 0.6) is 0 Å². The Balaban J connectivity index is 0.000000265. The molecule has 2 amide bonds. The molecule has 2 aliphatic carbocycles. The number of imide groups is 1. The molecule has 64 heavy (non-hydrogen) atoms. The minimum Gasteiger partial charge on any atom is -0.778 e. The SMILES string of the molecule is CCOC(=O)/C(Cl)=C/c1cc(N2C(=O)C3=C(CCCC3)C2=O)ccc1Cl.CS(=O)(=O)c1cc(C(F)(F)F)ccc1C(=O)c1cnoc1C1CC1.C[S+](C)C.O=C(O)CNCP(=O)([O-])O. The zero-order valence-electron chi connectivity index (χ0n) is 35.0. The number of carbonyl (C=O) groups is 5. The monoisotopic (exact) mass is 997 g/mol. The highest BCUT2D eigenvalue weighted by Crippen LogP contribution is 2.43. The Hall–Kier alpha value is -4.34. The van der Waals surface area contributed by atoms with Gasteiger partial charge in [0.2, 0.25) is 0 Å². The molecule has 350 valence electrons. The quantitative estimate of drug-likeness (QED) is 0.0464. The number of aliphatic carboxylic acids is 1. The lowest BCUT2D eigenvalue weighted by atomic mass is 9.93. The van der Waals surface area contributed by atoms with Gasteiger partial charge in [-0.3, -0.25) is 24.5 Å². The van der Waals surface area contributed by atoms with Gasteiger partial charge in [0.1, 0.15) is 12.6 Å². The molecule has 1 saturated carbocycles. The fraction of sp³-hybridized carbons (Fsp3) is 0.400. The number of carbonyl (C=O) groups excluding carboxylic acids is 4. The van der Waals surface area contributed by atoms with E-state index in [0.29, 0.717) is 69.0 Å². The number of halogens is 5. The van der Waals surface area contributed by atoms with Crippen molar-refractivity contribution in [3.05, 3.63) is 91.8 Å². The summed E-state index contributed by atoms with van der Waals surface area (Å²) in [6.07, 6.45) is 9.18. The van der Waals surface area contributed by atoms with Gasteiger partial charge in [-0.2, -0.15) is 13.2 Å². The van der Waals surface area contributed by atoms with Crippen LogP contribution in [-0.4, -0.2) is 97.6 Å². The number of alkyl halides is 3. The number of esters is 1. The summed E-state index contributed by atoms with van der Waals surface area (Å²) in [7, 11) is -7.75. The van der Waals surface area contributed by atoms with E-state index in [2.05, 4.69) is 23.9 Å². The summed E-state index contributed by atoms with van der Waals surface area (Å²) >= 11 is 12.1. The van der Waals surface area contributed by atoms with E-state index in [4.69, 9.17) is 42.5 Å². The first-order valence-corrected chi connectivity index (χ1v) is 25.8. The first kappa shape index (κ1) is 54.0. The van der Waals surface area contributed by atoms with E-state index >= 15 is 0 Å². The average Bonchev–Trinajstić information content (AvgIpc) is 3.86. The highest BCUT2D eigenvalue weighted by Gasteiger charge is 2.40. The number of rotatable bonds is 12. The lowest BCUT2D eigenvalue weighted by molar-refractivity contribution is -0.193. The molecule has 1 unspecified atom stereocenters. The van der Waals surface area contributed by atoms with Gasteiger partial charge in [0, 0.05) is 33.9 Å². The number of anilines is 1. The van der Waals surface area contributed by atoms with E-state index in [1.807, 2.05) is 5.32 Å². The summed E-state index contributed by atoms with van der Waals surface area (Å²) in [4.78, 5) is 77.9. The van der Waals surface area contributed by atoms with E-state index < -0.39 is 64.6 Å². The van der Waals surface area contributed by atoms with Crippen LogP contribution in [0.15, 0.2) is 68.2 Å². The topological polar surface area (TPSA) is 251 Å². The third kappa shape index (κ3) is 16.0. The van der Waals surface area contributed by atoms with Gasteiger partial charge in [0.15, 0.2) is 21.4 Å². The van der Waals surface area contributed by atoms with E-state index in [1.54, 1.807) is 25.1 Å². The molecule has 1 aliphatic heterocycles. The van der Waals surface area contributed by atoms with Gasteiger partial charge in [-0.05, 0) is 104 Å². The largest absolute Gasteiger partial charge is 0.778 e. The second-order valence-corrected chi connectivity index (χ2v) is 21.4. The number of aromatic nitrogens is 1. The summed E-state index contributed by atoms with van der Waals surface area (Å²) in [5.74, 6) is -2.72. The summed E-state index contributed by atoms with van der Waals surface area (Å²) in [6, 6.07) is 6.78. The molecule has 24 heteroatoms. The molecule has 3 N–H and O–H groups in total. The molecule has 1 aromatic heterocycles. The van der Waals surface area contributed by atoms with E-state index in [0.717, 1.165) is 38.0 Å². The number of ketones is 1. The van der Waals surface area contributed by atoms with Gasteiger partial charge in [-0.15, -0.1) is 0 Å². The van der Waals surface area contributed by atoms with Gasteiger partial charge in [-0.1, -0.05) is 28.4 Å². The third-order valence-electron chi connectivity index (χ3n) is 8.71. The maximum atomic E-state index is 12.8. The van der Waals surface area contributed by atoms with Crippen LogP contribution in [0.2, 0.25) is 5.02 Å². The molecule has 2 aromatic carbocycles. The molecule has 0 radical (unpaired) electrons. The average molecular weight is 999 g/mol. The Labute approximate surface area is 379 Å². The highest BCUT2D eigenvalue weighted by molar-refractivity contribution is 7.94. The molecular weight excluding hydrogens is 953 g/mol. The number of benzene rings is 2. The number of sulfone groups is 1. The third-order valence-corrected chi connectivity index (χ3v) is 11.1. The Morgan fingerprint density at radius 2 is 1.64 bits per heavy atom. The molecule has 6 rings (SSSR count). The fourth-order valence-corrected chi connectivity index (χ4v) is 7.49. The summed E-state index contributed by atoms with van der Waals surface area (Å²) in [6.45, 7) is 1.40. The van der Waals surface area contributed by atoms with Gasteiger partial charge >= 0.3 is 18.1 Å². The van der Waals surface area contributed by atoms with Crippen LogP contribution >= 0.6 is 30.8 Å². The van der Waals surface area contributed by atoms with Crippen LogP contribution in [0.3, 0.4) is 0 Å². The smallest absolute Gasteiger partial charge is 0.416 e. The number of hydrogen-bond acceptors (Lipinski definition) is 13. The zero-order chi connectivity index (χ0) is 48.3. The lowest BCUT2D eigenvalue weighted by Crippen LogP contribution is -2.31. The van der Waals surface area contributed by atoms with Crippen molar-refractivity contribution in [3.63, 3.8) is 0 Å². The van der Waals surface area contributed by atoms with Crippen molar-refractivity contribution in [2.45, 2.75) is 62.4 Å². The second-order valence-electron chi connectivity index (χ2n) is 14.6. The van der Waals surface area contributed by atoms with Crippen LogP contribution in [0.1, 0.15) is 84.2 Å². The van der Waals surface area contributed by atoms with Crippen molar-refractivity contribution in [1.82, 2.24) is 10.5 Å². The van der Waals surface area contributed by atoms with Crippen molar-refractivity contribution in [1.29, 1.82) is 0 Å². The van der Waals surface area contributed by atoms with Crippen LogP contribution in [-0.2, 0) is 55.4 Å². The minimum absolute atomic E-state index is 0.0441. The van der Waals surface area contributed by atoms with Gasteiger partial charge in [-0.25, -0.2) is 18.1 Å². The maximum absolute atomic E-state index is 12.8.